The molecular weight excluding hydrogens is 285 g/mol. The number of amides is 1. The highest BCUT2D eigenvalue weighted by molar-refractivity contribution is 6.42. The van der Waals surface area contributed by atoms with Crippen molar-refractivity contribution in [1.29, 1.82) is 0 Å². The first-order valence-electron chi connectivity index (χ1n) is 6.17. The summed E-state index contributed by atoms with van der Waals surface area (Å²) in [5.74, 6) is 0.0828. The maximum absolute atomic E-state index is 11.9. The summed E-state index contributed by atoms with van der Waals surface area (Å²) in [6, 6.07) is 4.68. The standard InChI is InChI=1S/C14H19Cl2NO2/c1-9(2)7-14(3,19)8-17-13(18)10-4-5-11(15)12(16)6-10/h4-6,9,19H,7-8H2,1-3H3,(H,17,18). The maximum Gasteiger partial charge on any atom is 0.251 e. The van der Waals surface area contributed by atoms with E-state index < -0.39 is 5.60 Å². The molecule has 0 heterocycles. The highest BCUT2D eigenvalue weighted by Gasteiger charge is 2.22. The molecule has 1 atom stereocenters. The number of hydrogen-bond acceptors (Lipinski definition) is 2. The molecule has 1 amide bonds. The zero-order valence-electron chi connectivity index (χ0n) is 11.3. The average Bonchev–Trinajstić information content (AvgIpc) is 2.28. The van der Waals surface area contributed by atoms with E-state index in [0.717, 1.165) is 0 Å². The Balaban J connectivity index is 2.62. The van der Waals surface area contributed by atoms with Gasteiger partial charge in [0, 0.05) is 12.1 Å². The molecule has 106 valence electrons. The molecule has 1 aromatic carbocycles. The van der Waals surface area contributed by atoms with Gasteiger partial charge in [0.15, 0.2) is 0 Å². The van der Waals surface area contributed by atoms with Crippen LogP contribution >= 0.6 is 23.2 Å². The Labute approximate surface area is 123 Å². The minimum absolute atomic E-state index is 0.199. The van der Waals surface area contributed by atoms with Gasteiger partial charge in [0.05, 0.1) is 15.6 Å². The lowest BCUT2D eigenvalue weighted by Gasteiger charge is -2.25. The SMILES string of the molecule is CC(C)CC(C)(O)CNC(=O)c1ccc(Cl)c(Cl)c1. The smallest absolute Gasteiger partial charge is 0.251 e. The van der Waals surface area contributed by atoms with Crippen LogP contribution in [-0.4, -0.2) is 23.2 Å². The van der Waals surface area contributed by atoms with Crippen LogP contribution in [-0.2, 0) is 0 Å². The van der Waals surface area contributed by atoms with Crippen molar-refractivity contribution in [3.63, 3.8) is 0 Å². The third-order valence-corrected chi connectivity index (χ3v) is 3.40. The molecule has 5 heteroatoms. The second kappa shape index (κ2) is 6.60. The molecule has 2 N–H and O–H groups in total. The van der Waals surface area contributed by atoms with E-state index in [4.69, 9.17) is 23.2 Å². The van der Waals surface area contributed by atoms with Crippen LogP contribution in [0.3, 0.4) is 0 Å². The minimum atomic E-state index is -0.917. The quantitative estimate of drug-likeness (QED) is 0.874. The van der Waals surface area contributed by atoms with E-state index in [1.807, 2.05) is 13.8 Å². The van der Waals surface area contributed by atoms with Crippen molar-refractivity contribution in [2.75, 3.05) is 6.54 Å². The number of carbonyl (C=O) groups excluding carboxylic acids is 1. The third kappa shape index (κ3) is 5.39. The van der Waals surface area contributed by atoms with Gasteiger partial charge in [-0.05, 0) is 37.5 Å². The van der Waals surface area contributed by atoms with Crippen molar-refractivity contribution >= 4 is 29.1 Å². The molecule has 1 rings (SSSR count). The topological polar surface area (TPSA) is 49.3 Å². The molecule has 19 heavy (non-hydrogen) atoms. The molecular formula is C14H19Cl2NO2. The number of halogens is 2. The molecule has 1 unspecified atom stereocenters. The van der Waals surface area contributed by atoms with Gasteiger partial charge < -0.3 is 10.4 Å². The lowest BCUT2D eigenvalue weighted by molar-refractivity contribution is 0.0368. The van der Waals surface area contributed by atoms with Crippen LogP contribution in [0.5, 0.6) is 0 Å². The number of hydrogen-bond donors (Lipinski definition) is 2. The summed E-state index contributed by atoms with van der Waals surface area (Å²) in [4.78, 5) is 11.9. The van der Waals surface area contributed by atoms with Crippen molar-refractivity contribution in [3.05, 3.63) is 33.8 Å². The summed E-state index contributed by atoms with van der Waals surface area (Å²) in [7, 11) is 0. The van der Waals surface area contributed by atoms with Crippen molar-refractivity contribution in [2.24, 2.45) is 5.92 Å². The molecule has 0 aromatic heterocycles. The van der Waals surface area contributed by atoms with Crippen molar-refractivity contribution in [3.8, 4) is 0 Å². The van der Waals surface area contributed by atoms with Gasteiger partial charge in [-0.25, -0.2) is 0 Å². The van der Waals surface area contributed by atoms with Crippen LogP contribution < -0.4 is 5.32 Å². The number of benzene rings is 1. The van der Waals surface area contributed by atoms with Crippen LogP contribution in [0.4, 0.5) is 0 Å². The van der Waals surface area contributed by atoms with Gasteiger partial charge in [0.2, 0.25) is 0 Å². The molecule has 1 aromatic rings. The molecule has 0 aliphatic carbocycles. The van der Waals surface area contributed by atoms with Gasteiger partial charge in [0.1, 0.15) is 0 Å². The van der Waals surface area contributed by atoms with Crippen LogP contribution in [0, 0.1) is 5.92 Å². The van der Waals surface area contributed by atoms with Gasteiger partial charge in [-0.1, -0.05) is 37.0 Å². The lowest BCUT2D eigenvalue weighted by Crippen LogP contribution is -2.41. The molecule has 0 radical (unpaired) electrons. The molecule has 0 saturated carbocycles. The molecule has 0 bridgehead atoms. The highest BCUT2D eigenvalue weighted by atomic mass is 35.5. The van der Waals surface area contributed by atoms with Crippen molar-refractivity contribution in [2.45, 2.75) is 32.8 Å². The first-order valence-corrected chi connectivity index (χ1v) is 6.92. The van der Waals surface area contributed by atoms with E-state index >= 15 is 0 Å². The zero-order chi connectivity index (χ0) is 14.6. The van der Waals surface area contributed by atoms with E-state index in [1.165, 1.54) is 6.07 Å². The van der Waals surface area contributed by atoms with Gasteiger partial charge >= 0.3 is 0 Å². The summed E-state index contributed by atoms with van der Waals surface area (Å²) in [5.41, 5.74) is -0.491. The Morgan fingerprint density at radius 1 is 1.37 bits per heavy atom. The fourth-order valence-electron chi connectivity index (χ4n) is 1.96. The third-order valence-electron chi connectivity index (χ3n) is 2.66. The lowest BCUT2D eigenvalue weighted by atomic mass is 9.94. The van der Waals surface area contributed by atoms with E-state index in [1.54, 1.807) is 19.1 Å². The number of rotatable bonds is 5. The molecule has 3 nitrogen and oxygen atoms in total. The van der Waals surface area contributed by atoms with Crippen LogP contribution in [0.2, 0.25) is 10.0 Å². The number of carbonyl (C=O) groups is 1. The largest absolute Gasteiger partial charge is 0.388 e. The van der Waals surface area contributed by atoms with Crippen molar-refractivity contribution in [1.82, 2.24) is 5.32 Å². The van der Waals surface area contributed by atoms with Crippen LogP contribution in [0.25, 0.3) is 0 Å². The Morgan fingerprint density at radius 2 is 2.00 bits per heavy atom. The predicted octanol–water partition coefficient (Wildman–Crippen LogP) is 3.52. The average molecular weight is 304 g/mol. The van der Waals surface area contributed by atoms with Crippen LogP contribution in [0.1, 0.15) is 37.6 Å². The second-order valence-corrected chi connectivity index (χ2v) is 6.22. The second-order valence-electron chi connectivity index (χ2n) is 5.41. The maximum atomic E-state index is 11.9. The Bertz CT molecular complexity index is 459. The van der Waals surface area contributed by atoms with E-state index in [0.29, 0.717) is 27.9 Å². The molecule has 0 spiro atoms. The summed E-state index contributed by atoms with van der Waals surface area (Å²) < 4.78 is 0. The van der Waals surface area contributed by atoms with E-state index in [9.17, 15) is 9.90 Å². The molecule has 0 fully saturated rings. The molecule has 0 aliphatic heterocycles. The summed E-state index contributed by atoms with van der Waals surface area (Å²) in [6.07, 6.45) is 0.620. The van der Waals surface area contributed by atoms with E-state index in [2.05, 4.69) is 5.32 Å². The first kappa shape index (κ1) is 16.3. The summed E-state index contributed by atoms with van der Waals surface area (Å²) in [6.45, 7) is 5.96. The van der Waals surface area contributed by atoms with Crippen LogP contribution in [0.15, 0.2) is 18.2 Å². The van der Waals surface area contributed by atoms with E-state index in [-0.39, 0.29) is 12.5 Å². The molecule has 0 saturated heterocycles. The normalized spacial score (nSPS) is 14.3. The monoisotopic (exact) mass is 303 g/mol. The molecule has 0 aliphatic rings. The minimum Gasteiger partial charge on any atom is -0.388 e. The predicted molar refractivity (Wildman–Crippen MR) is 78.9 cm³/mol. The summed E-state index contributed by atoms with van der Waals surface area (Å²) >= 11 is 11.6. The zero-order valence-corrected chi connectivity index (χ0v) is 12.8. The first-order chi connectivity index (χ1) is 8.71. The number of nitrogens with one attached hydrogen (secondary N) is 1. The Hall–Kier alpha value is -0.770. The van der Waals surface area contributed by atoms with Gasteiger partial charge in [-0.3, -0.25) is 4.79 Å². The Kier molecular flexibility index (Phi) is 5.65. The fourth-order valence-corrected chi connectivity index (χ4v) is 2.26. The van der Waals surface area contributed by atoms with Gasteiger partial charge in [-0.15, -0.1) is 0 Å². The highest BCUT2D eigenvalue weighted by Crippen LogP contribution is 2.22. The number of aliphatic hydroxyl groups is 1. The fraction of sp³-hybridized carbons (Fsp3) is 0.500. The summed E-state index contributed by atoms with van der Waals surface area (Å²) in [5, 5.41) is 13.6. The Morgan fingerprint density at radius 3 is 2.53 bits per heavy atom. The van der Waals surface area contributed by atoms with Gasteiger partial charge in [-0.2, -0.15) is 0 Å². The van der Waals surface area contributed by atoms with Crippen molar-refractivity contribution < 1.29 is 9.90 Å². The van der Waals surface area contributed by atoms with Gasteiger partial charge in [0.25, 0.3) is 5.91 Å².